The van der Waals surface area contributed by atoms with Gasteiger partial charge in [0.1, 0.15) is 0 Å². The van der Waals surface area contributed by atoms with Crippen LogP contribution in [0.1, 0.15) is 27.0 Å². The Morgan fingerprint density at radius 3 is 2.84 bits per heavy atom. The Hall–Kier alpha value is -1.68. The molecule has 1 aromatic carbocycles. The minimum Gasteiger partial charge on any atom is -0.302 e. The molecule has 3 nitrogen and oxygen atoms in total. The number of aryl methyl sites for hydroxylation is 1. The highest BCUT2D eigenvalue weighted by Gasteiger charge is 2.29. The van der Waals surface area contributed by atoms with Crippen molar-refractivity contribution in [2.75, 3.05) is 4.90 Å². The highest BCUT2D eigenvalue weighted by atomic mass is 79.9. The van der Waals surface area contributed by atoms with Crippen LogP contribution >= 0.6 is 15.9 Å². The monoisotopic (exact) mass is 316 g/mol. The first-order valence-electron chi connectivity index (χ1n) is 6.09. The van der Waals surface area contributed by atoms with Gasteiger partial charge in [-0.2, -0.15) is 0 Å². The summed E-state index contributed by atoms with van der Waals surface area (Å²) < 4.78 is 0.921. The molecule has 0 radical (unpaired) electrons. The average molecular weight is 317 g/mol. The fourth-order valence-corrected chi connectivity index (χ4v) is 2.73. The first-order chi connectivity index (χ1) is 9.08. The lowest BCUT2D eigenvalue weighted by Crippen LogP contribution is -2.24. The quantitative estimate of drug-likeness (QED) is 0.805. The molecule has 2 heterocycles. The van der Waals surface area contributed by atoms with E-state index in [1.807, 2.05) is 26.0 Å². The predicted octanol–water partition coefficient (Wildman–Crippen LogP) is 3.62. The molecule has 0 aliphatic carbocycles. The minimum atomic E-state index is 0.0537. The molecule has 0 fully saturated rings. The molecule has 3 rings (SSSR count). The van der Waals surface area contributed by atoms with Crippen LogP contribution in [0.15, 0.2) is 35.1 Å². The van der Waals surface area contributed by atoms with Crippen molar-refractivity contribution in [3.05, 3.63) is 57.3 Å². The average Bonchev–Trinajstić information content (AvgIpc) is 2.69. The summed E-state index contributed by atoms with van der Waals surface area (Å²) in [5, 5.41) is 0. The maximum atomic E-state index is 12.5. The minimum absolute atomic E-state index is 0.0537. The van der Waals surface area contributed by atoms with Gasteiger partial charge >= 0.3 is 0 Å². The van der Waals surface area contributed by atoms with Crippen molar-refractivity contribution >= 4 is 27.5 Å². The Morgan fingerprint density at radius 2 is 2.05 bits per heavy atom. The molecule has 0 atom stereocenters. The van der Waals surface area contributed by atoms with Gasteiger partial charge in [-0.05, 0) is 47.0 Å². The van der Waals surface area contributed by atoms with Gasteiger partial charge in [0.15, 0.2) is 0 Å². The highest BCUT2D eigenvalue weighted by molar-refractivity contribution is 9.10. The van der Waals surface area contributed by atoms with E-state index in [0.717, 1.165) is 26.9 Å². The topological polar surface area (TPSA) is 33.2 Å². The molecule has 0 saturated heterocycles. The lowest BCUT2D eigenvalue weighted by atomic mass is 10.1. The Morgan fingerprint density at radius 1 is 1.26 bits per heavy atom. The van der Waals surface area contributed by atoms with Gasteiger partial charge in [0.2, 0.25) is 0 Å². The molecular weight excluding hydrogens is 304 g/mol. The first-order valence-corrected chi connectivity index (χ1v) is 6.88. The van der Waals surface area contributed by atoms with Crippen LogP contribution in [0.4, 0.5) is 5.69 Å². The summed E-state index contributed by atoms with van der Waals surface area (Å²) in [6.07, 6.45) is 3.49. The van der Waals surface area contributed by atoms with E-state index in [9.17, 15) is 4.79 Å². The number of anilines is 1. The van der Waals surface area contributed by atoms with Crippen LogP contribution in [-0.2, 0) is 6.54 Å². The van der Waals surface area contributed by atoms with Crippen molar-refractivity contribution in [3.8, 4) is 0 Å². The number of rotatable bonds is 1. The molecule has 4 heteroatoms. The molecule has 2 aromatic rings. The van der Waals surface area contributed by atoms with Crippen LogP contribution < -0.4 is 4.90 Å². The summed E-state index contributed by atoms with van der Waals surface area (Å²) in [6.45, 7) is 4.65. The zero-order valence-corrected chi connectivity index (χ0v) is 12.4. The predicted molar refractivity (Wildman–Crippen MR) is 78.4 cm³/mol. The zero-order chi connectivity index (χ0) is 13.6. The van der Waals surface area contributed by atoms with Crippen LogP contribution in [0.5, 0.6) is 0 Å². The van der Waals surface area contributed by atoms with Crippen molar-refractivity contribution in [2.45, 2.75) is 20.4 Å². The standard InChI is InChI=1S/C15H13BrN2O/c1-9-3-4-12-11(5-9)8-18(15(12)19)14-7-17-6-13(16)10(14)2/h3-7H,8H2,1-2H3. The highest BCUT2D eigenvalue weighted by Crippen LogP contribution is 2.32. The fraction of sp³-hybridized carbons (Fsp3) is 0.200. The maximum Gasteiger partial charge on any atom is 0.258 e. The number of pyridine rings is 1. The van der Waals surface area contributed by atoms with Crippen LogP contribution in [-0.4, -0.2) is 10.9 Å². The Labute approximate surface area is 120 Å². The molecule has 1 aromatic heterocycles. The Bertz CT molecular complexity index is 682. The number of benzene rings is 1. The lowest BCUT2D eigenvalue weighted by molar-refractivity contribution is 0.0996. The number of hydrogen-bond acceptors (Lipinski definition) is 2. The molecule has 1 amide bonds. The molecule has 0 unspecified atom stereocenters. The van der Waals surface area contributed by atoms with Crippen LogP contribution in [0, 0.1) is 13.8 Å². The number of fused-ring (bicyclic) bond motifs is 1. The number of carbonyl (C=O) groups is 1. The zero-order valence-electron chi connectivity index (χ0n) is 10.8. The number of carbonyl (C=O) groups excluding carboxylic acids is 1. The summed E-state index contributed by atoms with van der Waals surface area (Å²) >= 11 is 3.46. The molecule has 0 bridgehead atoms. The number of halogens is 1. The third kappa shape index (κ3) is 1.96. The van der Waals surface area contributed by atoms with Crippen molar-refractivity contribution in [1.29, 1.82) is 0 Å². The molecular formula is C15H13BrN2O. The van der Waals surface area contributed by atoms with Crippen molar-refractivity contribution in [1.82, 2.24) is 4.98 Å². The summed E-state index contributed by atoms with van der Waals surface area (Å²) in [5.41, 5.74) is 4.97. The number of nitrogens with zero attached hydrogens (tertiary/aromatic N) is 2. The summed E-state index contributed by atoms with van der Waals surface area (Å²) in [6, 6.07) is 5.97. The van der Waals surface area contributed by atoms with Crippen molar-refractivity contribution in [3.63, 3.8) is 0 Å². The third-order valence-corrected chi connectivity index (χ3v) is 4.28. The van der Waals surface area contributed by atoms with E-state index in [-0.39, 0.29) is 5.91 Å². The van der Waals surface area contributed by atoms with Gasteiger partial charge in [-0.25, -0.2) is 0 Å². The summed E-state index contributed by atoms with van der Waals surface area (Å²) in [4.78, 5) is 18.4. The molecule has 96 valence electrons. The first kappa shape index (κ1) is 12.4. The van der Waals surface area contributed by atoms with E-state index >= 15 is 0 Å². The van der Waals surface area contributed by atoms with Crippen molar-refractivity contribution in [2.24, 2.45) is 0 Å². The van der Waals surface area contributed by atoms with E-state index in [2.05, 4.69) is 27.0 Å². The summed E-state index contributed by atoms with van der Waals surface area (Å²) in [5.74, 6) is 0.0537. The van der Waals surface area contributed by atoms with Crippen LogP contribution in [0.25, 0.3) is 0 Å². The number of amides is 1. The van der Waals surface area contributed by atoms with Gasteiger partial charge in [0, 0.05) is 16.2 Å². The molecule has 19 heavy (non-hydrogen) atoms. The Balaban J connectivity index is 2.06. The lowest BCUT2D eigenvalue weighted by Gasteiger charge is -2.18. The van der Waals surface area contributed by atoms with E-state index in [4.69, 9.17) is 0 Å². The van der Waals surface area contributed by atoms with E-state index in [0.29, 0.717) is 6.54 Å². The Kier molecular flexibility index (Phi) is 2.90. The van der Waals surface area contributed by atoms with E-state index in [1.54, 1.807) is 17.3 Å². The summed E-state index contributed by atoms with van der Waals surface area (Å²) in [7, 11) is 0. The fourth-order valence-electron chi connectivity index (χ4n) is 2.41. The second kappa shape index (κ2) is 4.46. The molecule has 1 aliphatic heterocycles. The smallest absolute Gasteiger partial charge is 0.258 e. The SMILES string of the molecule is Cc1ccc2c(c1)CN(c1cncc(Br)c1C)C2=O. The number of aromatic nitrogens is 1. The van der Waals surface area contributed by atoms with Gasteiger partial charge in [0.05, 0.1) is 18.4 Å². The van der Waals surface area contributed by atoms with E-state index < -0.39 is 0 Å². The van der Waals surface area contributed by atoms with Gasteiger partial charge < -0.3 is 4.90 Å². The van der Waals surface area contributed by atoms with Gasteiger partial charge in [-0.1, -0.05) is 17.7 Å². The van der Waals surface area contributed by atoms with Crippen LogP contribution in [0.3, 0.4) is 0 Å². The van der Waals surface area contributed by atoms with Gasteiger partial charge in [-0.3, -0.25) is 9.78 Å². The largest absolute Gasteiger partial charge is 0.302 e. The van der Waals surface area contributed by atoms with Crippen LogP contribution in [0.2, 0.25) is 0 Å². The molecule has 0 saturated carbocycles. The van der Waals surface area contributed by atoms with E-state index in [1.165, 1.54) is 5.56 Å². The van der Waals surface area contributed by atoms with Crippen molar-refractivity contribution < 1.29 is 4.79 Å². The van der Waals surface area contributed by atoms with Gasteiger partial charge in [-0.15, -0.1) is 0 Å². The normalized spacial score (nSPS) is 13.8. The molecule has 1 aliphatic rings. The number of hydrogen-bond donors (Lipinski definition) is 0. The van der Waals surface area contributed by atoms with Gasteiger partial charge in [0.25, 0.3) is 5.91 Å². The second-order valence-corrected chi connectivity index (χ2v) is 5.67. The molecule has 0 spiro atoms. The molecule has 0 N–H and O–H groups in total. The maximum absolute atomic E-state index is 12.5. The second-order valence-electron chi connectivity index (χ2n) is 4.82. The third-order valence-electron chi connectivity index (χ3n) is 3.48.